The summed E-state index contributed by atoms with van der Waals surface area (Å²) < 4.78 is 0. The van der Waals surface area contributed by atoms with Crippen LogP contribution in [0, 0.1) is 0 Å². The van der Waals surface area contributed by atoms with E-state index in [2.05, 4.69) is 31.3 Å². The highest BCUT2D eigenvalue weighted by atomic mass is 16.1. The van der Waals surface area contributed by atoms with Gasteiger partial charge in [0.05, 0.1) is 6.04 Å². The lowest BCUT2D eigenvalue weighted by molar-refractivity contribution is -0.122. The van der Waals surface area contributed by atoms with Gasteiger partial charge >= 0.3 is 0 Å². The molecule has 0 heterocycles. The summed E-state index contributed by atoms with van der Waals surface area (Å²) in [6.07, 6.45) is 4.34. The van der Waals surface area contributed by atoms with Crippen molar-refractivity contribution < 1.29 is 4.79 Å². The second-order valence-electron chi connectivity index (χ2n) is 5.07. The summed E-state index contributed by atoms with van der Waals surface area (Å²) in [5.74, 6) is 0.0586. The first-order chi connectivity index (χ1) is 9.17. The number of nitrogens with one attached hydrogen (secondary N) is 1. The molecule has 0 aliphatic rings. The molecule has 0 radical (unpaired) electrons. The van der Waals surface area contributed by atoms with E-state index in [1.165, 1.54) is 5.56 Å². The van der Waals surface area contributed by atoms with Gasteiger partial charge in [-0.3, -0.25) is 4.79 Å². The monoisotopic (exact) mass is 262 g/mol. The Morgan fingerprint density at radius 3 is 2.37 bits per heavy atom. The molecule has 0 spiro atoms. The average molecular weight is 262 g/mol. The van der Waals surface area contributed by atoms with Gasteiger partial charge in [0.2, 0.25) is 5.91 Å². The highest BCUT2D eigenvalue weighted by Crippen LogP contribution is 2.18. The highest BCUT2D eigenvalue weighted by Gasteiger charge is 2.15. The second kappa shape index (κ2) is 8.70. The predicted molar refractivity (Wildman–Crippen MR) is 79.7 cm³/mol. The second-order valence-corrected chi connectivity index (χ2v) is 5.07. The number of benzene rings is 1. The van der Waals surface area contributed by atoms with Crippen LogP contribution in [0.1, 0.15) is 57.6 Å². The van der Waals surface area contributed by atoms with Crippen molar-refractivity contribution in [3.63, 3.8) is 0 Å². The van der Waals surface area contributed by atoms with Crippen molar-refractivity contribution in [2.75, 3.05) is 0 Å². The molecule has 2 unspecified atom stereocenters. The predicted octanol–water partition coefficient (Wildman–Crippen LogP) is 3.16. The maximum absolute atomic E-state index is 12.0. The standard InChI is InChI=1S/C16H26N2O/c1-3-8-14(17)12-16(19)18-15(9-4-2)13-10-6-5-7-11-13/h5-7,10-11,14-15H,3-4,8-9,12,17H2,1-2H3,(H,18,19). The molecule has 0 saturated heterocycles. The Morgan fingerprint density at radius 1 is 1.16 bits per heavy atom. The van der Waals surface area contributed by atoms with Crippen LogP contribution in [0.3, 0.4) is 0 Å². The van der Waals surface area contributed by atoms with Gasteiger partial charge in [0, 0.05) is 12.5 Å². The Bertz CT molecular complexity index is 364. The molecule has 3 nitrogen and oxygen atoms in total. The van der Waals surface area contributed by atoms with Crippen LogP contribution >= 0.6 is 0 Å². The number of hydrogen-bond acceptors (Lipinski definition) is 2. The number of nitrogens with two attached hydrogens (primary N) is 1. The van der Waals surface area contributed by atoms with Crippen LogP contribution in [0.2, 0.25) is 0 Å². The molecule has 0 aliphatic carbocycles. The molecule has 0 bridgehead atoms. The molecule has 2 atom stereocenters. The fourth-order valence-corrected chi connectivity index (χ4v) is 2.26. The maximum atomic E-state index is 12.0. The Labute approximate surface area is 116 Å². The number of hydrogen-bond donors (Lipinski definition) is 2. The van der Waals surface area contributed by atoms with Crippen LogP contribution in [0.15, 0.2) is 30.3 Å². The molecule has 0 aliphatic heterocycles. The van der Waals surface area contributed by atoms with Crippen LogP contribution < -0.4 is 11.1 Å². The molecule has 0 fully saturated rings. The van der Waals surface area contributed by atoms with Crippen molar-refractivity contribution in [1.82, 2.24) is 5.32 Å². The molecule has 3 heteroatoms. The fourth-order valence-electron chi connectivity index (χ4n) is 2.26. The lowest BCUT2D eigenvalue weighted by Gasteiger charge is -2.20. The van der Waals surface area contributed by atoms with Crippen LogP contribution in [0.4, 0.5) is 0 Å². The Balaban J connectivity index is 2.56. The van der Waals surface area contributed by atoms with Crippen molar-refractivity contribution in [2.45, 2.75) is 58.0 Å². The minimum atomic E-state index is -0.0250. The molecule has 0 saturated carbocycles. The third kappa shape index (κ3) is 5.88. The van der Waals surface area contributed by atoms with E-state index in [0.717, 1.165) is 25.7 Å². The Morgan fingerprint density at radius 2 is 1.79 bits per heavy atom. The number of amides is 1. The first kappa shape index (κ1) is 15.7. The topological polar surface area (TPSA) is 55.1 Å². The largest absolute Gasteiger partial charge is 0.349 e. The highest BCUT2D eigenvalue weighted by molar-refractivity contribution is 5.77. The Kier molecular flexibility index (Phi) is 7.19. The normalized spacial score (nSPS) is 13.8. The van der Waals surface area contributed by atoms with E-state index in [4.69, 9.17) is 5.73 Å². The summed E-state index contributed by atoms with van der Waals surface area (Å²) in [6, 6.07) is 10.2. The van der Waals surface area contributed by atoms with Gasteiger partial charge in [-0.15, -0.1) is 0 Å². The van der Waals surface area contributed by atoms with Crippen molar-refractivity contribution in [2.24, 2.45) is 5.73 Å². The van der Waals surface area contributed by atoms with Gasteiger partial charge in [0.1, 0.15) is 0 Å². The maximum Gasteiger partial charge on any atom is 0.222 e. The van der Waals surface area contributed by atoms with Gasteiger partial charge in [-0.25, -0.2) is 0 Å². The van der Waals surface area contributed by atoms with Crippen molar-refractivity contribution in [3.8, 4) is 0 Å². The van der Waals surface area contributed by atoms with Crippen molar-refractivity contribution in [3.05, 3.63) is 35.9 Å². The molecular formula is C16H26N2O. The Hall–Kier alpha value is -1.35. The average Bonchev–Trinajstić information content (AvgIpc) is 2.39. The van der Waals surface area contributed by atoms with Crippen LogP contribution in [0.25, 0.3) is 0 Å². The lowest BCUT2D eigenvalue weighted by atomic mass is 10.0. The molecule has 1 aromatic carbocycles. The number of rotatable bonds is 8. The van der Waals surface area contributed by atoms with Gasteiger partial charge in [-0.1, -0.05) is 57.0 Å². The van der Waals surface area contributed by atoms with Crippen LogP contribution in [-0.4, -0.2) is 11.9 Å². The first-order valence-corrected chi connectivity index (χ1v) is 7.27. The minimum Gasteiger partial charge on any atom is -0.349 e. The van der Waals surface area contributed by atoms with E-state index in [9.17, 15) is 4.79 Å². The molecule has 0 aromatic heterocycles. The quantitative estimate of drug-likeness (QED) is 0.756. The summed E-state index contributed by atoms with van der Waals surface area (Å²) >= 11 is 0. The molecule has 106 valence electrons. The van der Waals surface area contributed by atoms with Gasteiger partial charge in [0.25, 0.3) is 0 Å². The van der Waals surface area contributed by atoms with Gasteiger partial charge in [-0.05, 0) is 18.4 Å². The van der Waals surface area contributed by atoms with Gasteiger partial charge in [0.15, 0.2) is 0 Å². The molecule has 3 N–H and O–H groups in total. The number of carbonyl (C=O) groups excluding carboxylic acids is 1. The van der Waals surface area contributed by atoms with E-state index >= 15 is 0 Å². The van der Waals surface area contributed by atoms with Gasteiger partial charge in [-0.2, -0.15) is 0 Å². The van der Waals surface area contributed by atoms with E-state index in [1.54, 1.807) is 0 Å². The van der Waals surface area contributed by atoms with Gasteiger partial charge < -0.3 is 11.1 Å². The number of carbonyl (C=O) groups is 1. The summed E-state index contributed by atoms with van der Waals surface area (Å²) in [5.41, 5.74) is 7.08. The summed E-state index contributed by atoms with van der Waals surface area (Å²) in [7, 11) is 0. The fraction of sp³-hybridized carbons (Fsp3) is 0.562. The molecule has 19 heavy (non-hydrogen) atoms. The van der Waals surface area contributed by atoms with Crippen molar-refractivity contribution in [1.29, 1.82) is 0 Å². The van der Waals surface area contributed by atoms with E-state index in [1.807, 2.05) is 18.2 Å². The molecule has 1 aromatic rings. The lowest BCUT2D eigenvalue weighted by Crippen LogP contribution is -2.34. The summed E-state index contributed by atoms with van der Waals surface area (Å²) in [6.45, 7) is 4.21. The molecule has 1 amide bonds. The minimum absolute atomic E-state index is 0.0250. The smallest absolute Gasteiger partial charge is 0.222 e. The molecule has 1 rings (SSSR count). The third-order valence-corrected chi connectivity index (χ3v) is 3.22. The zero-order valence-electron chi connectivity index (χ0n) is 12.1. The SMILES string of the molecule is CCCC(N)CC(=O)NC(CCC)c1ccccc1. The van der Waals surface area contributed by atoms with E-state index < -0.39 is 0 Å². The summed E-state index contributed by atoms with van der Waals surface area (Å²) in [5, 5.41) is 3.10. The van der Waals surface area contributed by atoms with Crippen LogP contribution in [0.5, 0.6) is 0 Å². The zero-order chi connectivity index (χ0) is 14.1. The molecular weight excluding hydrogens is 236 g/mol. The zero-order valence-corrected chi connectivity index (χ0v) is 12.1. The van der Waals surface area contributed by atoms with Crippen molar-refractivity contribution >= 4 is 5.91 Å². The first-order valence-electron chi connectivity index (χ1n) is 7.27. The summed E-state index contributed by atoms with van der Waals surface area (Å²) in [4.78, 5) is 12.0. The third-order valence-electron chi connectivity index (χ3n) is 3.22. The van der Waals surface area contributed by atoms with E-state index in [0.29, 0.717) is 6.42 Å². The van der Waals surface area contributed by atoms with E-state index in [-0.39, 0.29) is 18.0 Å². The van der Waals surface area contributed by atoms with Crippen LogP contribution in [-0.2, 0) is 4.79 Å².